The molecule has 3 heteroatoms. The van der Waals surface area contributed by atoms with E-state index in [1.54, 1.807) is 0 Å². The predicted molar refractivity (Wildman–Crippen MR) is 69.8 cm³/mol. The van der Waals surface area contributed by atoms with Crippen molar-refractivity contribution in [1.29, 1.82) is 0 Å². The lowest BCUT2D eigenvalue weighted by Gasteiger charge is -2.09. The molecule has 0 aliphatic heterocycles. The van der Waals surface area contributed by atoms with Crippen LogP contribution in [0.3, 0.4) is 0 Å². The van der Waals surface area contributed by atoms with Gasteiger partial charge in [-0.1, -0.05) is 12.8 Å². The van der Waals surface area contributed by atoms with Crippen molar-refractivity contribution in [2.45, 2.75) is 30.6 Å². The third-order valence-electron chi connectivity index (χ3n) is 3.11. The van der Waals surface area contributed by atoms with Crippen molar-refractivity contribution in [1.82, 2.24) is 10.3 Å². The lowest BCUT2D eigenvalue weighted by Crippen LogP contribution is -2.23. The number of pyridine rings is 1. The summed E-state index contributed by atoms with van der Waals surface area (Å²) in [6.45, 7) is 2.33. The Bertz CT molecular complexity index is 283. The first-order chi connectivity index (χ1) is 7.95. The van der Waals surface area contributed by atoms with E-state index in [-0.39, 0.29) is 0 Å². The summed E-state index contributed by atoms with van der Waals surface area (Å²) < 4.78 is 0. The summed E-state index contributed by atoms with van der Waals surface area (Å²) >= 11 is 1.90. The van der Waals surface area contributed by atoms with Gasteiger partial charge in [0.15, 0.2) is 0 Å². The minimum Gasteiger partial charge on any atom is -0.316 e. The maximum Gasteiger partial charge on any atom is 0.0278 e. The quantitative estimate of drug-likeness (QED) is 0.607. The fourth-order valence-corrected chi connectivity index (χ4v) is 2.99. The molecule has 2 rings (SSSR count). The molecular formula is C13H20N2S. The minimum atomic E-state index is 0.950. The Morgan fingerprint density at radius 1 is 1.25 bits per heavy atom. The second-order valence-electron chi connectivity index (χ2n) is 4.39. The van der Waals surface area contributed by atoms with Crippen LogP contribution in [-0.4, -0.2) is 23.8 Å². The SMILES string of the molecule is c1cc(SCCNCC2CCCC2)ccn1. The van der Waals surface area contributed by atoms with Crippen LogP contribution in [0.1, 0.15) is 25.7 Å². The van der Waals surface area contributed by atoms with Gasteiger partial charge < -0.3 is 5.32 Å². The van der Waals surface area contributed by atoms with E-state index in [9.17, 15) is 0 Å². The Morgan fingerprint density at radius 3 is 2.75 bits per heavy atom. The van der Waals surface area contributed by atoms with Crippen LogP contribution in [0.4, 0.5) is 0 Å². The molecule has 1 aliphatic rings. The molecule has 0 unspecified atom stereocenters. The molecule has 2 nitrogen and oxygen atoms in total. The van der Waals surface area contributed by atoms with Crippen molar-refractivity contribution in [3.05, 3.63) is 24.5 Å². The number of hydrogen-bond acceptors (Lipinski definition) is 3. The third kappa shape index (κ3) is 4.14. The molecule has 1 saturated carbocycles. The van der Waals surface area contributed by atoms with Crippen molar-refractivity contribution in [2.75, 3.05) is 18.8 Å². The molecule has 1 fully saturated rings. The van der Waals surface area contributed by atoms with Crippen LogP contribution in [0.5, 0.6) is 0 Å². The Morgan fingerprint density at radius 2 is 2.00 bits per heavy atom. The molecule has 88 valence electrons. The van der Waals surface area contributed by atoms with Gasteiger partial charge in [0.05, 0.1) is 0 Å². The molecule has 1 aliphatic carbocycles. The summed E-state index contributed by atoms with van der Waals surface area (Å²) in [6, 6.07) is 4.14. The van der Waals surface area contributed by atoms with Gasteiger partial charge in [-0.25, -0.2) is 0 Å². The zero-order valence-electron chi connectivity index (χ0n) is 9.69. The first kappa shape index (κ1) is 11.9. The highest BCUT2D eigenvalue weighted by molar-refractivity contribution is 7.99. The molecule has 0 bridgehead atoms. The molecule has 1 N–H and O–H groups in total. The first-order valence-corrected chi connectivity index (χ1v) is 7.17. The summed E-state index contributed by atoms with van der Waals surface area (Å²) in [5.41, 5.74) is 0. The van der Waals surface area contributed by atoms with E-state index in [4.69, 9.17) is 0 Å². The Labute approximate surface area is 102 Å². The highest BCUT2D eigenvalue weighted by Gasteiger charge is 2.13. The van der Waals surface area contributed by atoms with Crippen LogP contribution in [0.2, 0.25) is 0 Å². The van der Waals surface area contributed by atoms with Gasteiger partial charge in [-0.3, -0.25) is 4.98 Å². The van der Waals surface area contributed by atoms with Gasteiger partial charge in [-0.2, -0.15) is 0 Å². The van der Waals surface area contributed by atoms with E-state index in [1.165, 1.54) is 37.1 Å². The van der Waals surface area contributed by atoms with Gasteiger partial charge >= 0.3 is 0 Å². The molecule has 16 heavy (non-hydrogen) atoms. The molecule has 0 aromatic carbocycles. The molecule has 0 atom stereocenters. The van der Waals surface area contributed by atoms with Crippen molar-refractivity contribution < 1.29 is 0 Å². The van der Waals surface area contributed by atoms with Gasteiger partial charge in [0.25, 0.3) is 0 Å². The van der Waals surface area contributed by atoms with Crippen molar-refractivity contribution in [3.8, 4) is 0 Å². The van der Waals surface area contributed by atoms with Gasteiger partial charge in [-0.15, -0.1) is 11.8 Å². The predicted octanol–water partition coefficient (Wildman–Crippen LogP) is 2.95. The lowest BCUT2D eigenvalue weighted by molar-refractivity contribution is 0.500. The third-order valence-corrected chi connectivity index (χ3v) is 4.12. The number of nitrogens with zero attached hydrogens (tertiary/aromatic N) is 1. The lowest BCUT2D eigenvalue weighted by atomic mass is 10.1. The summed E-state index contributed by atoms with van der Waals surface area (Å²) in [5, 5.41) is 3.56. The standard InChI is InChI=1S/C13H20N2S/c1-2-4-12(3-1)11-15-9-10-16-13-5-7-14-8-6-13/h5-8,12,15H,1-4,9-11H2. The largest absolute Gasteiger partial charge is 0.316 e. The van der Waals surface area contributed by atoms with Crippen molar-refractivity contribution in [2.24, 2.45) is 5.92 Å². The minimum absolute atomic E-state index is 0.950. The van der Waals surface area contributed by atoms with E-state index in [2.05, 4.69) is 22.4 Å². The Balaban J connectivity index is 1.52. The van der Waals surface area contributed by atoms with Gasteiger partial charge in [0.2, 0.25) is 0 Å². The molecule has 1 heterocycles. The van der Waals surface area contributed by atoms with Crippen molar-refractivity contribution in [3.63, 3.8) is 0 Å². The van der Waals surface area contributed by atoms with E-state index in [0.717, 1.165) is 18.2 Å². The molecule has 0 spiro atoms. The molecule has 0 radical (unpaired) electrons. The summed E-state index contributed by atoms with van der Waals surface area (Å²) in [6.07, 6.45) is 9.47. The van der Waals surface area contributed by atoms with Crippen LogP contribution in [0.15, 0.2) is 29.4 Å². The number of thioether (sulfide) groups is 1. The normalized spacial score (nSPS) is 16.8. The second-order valence-corrected chi connectivity index (χ2v) is 5.55. The average Bonchev–Trinajstić information content (AvgIpc) is 2.83. The smallest absolute Gasteiger partial charge is 0.0278 e. The molecule has 1 aromatic rings. The van der Waals surface area contributed by atoms with Crippen LogP contribution in [0, 0.1) is 5.92 Å². The van der Waals surface area contributed by atoms with Crippen molar-refractivity contribution >= 4 is 11.8 Å². The number of aromatic nitrogens is 1. The summed E-state index contributed by atoms with van der Waals surface area (Å²) in [4.78, 5) is 5.33. The van der Waals surface area contributed by atoms with Gasteiger partial charge in [-0.05, 0) is 37.4 Å². The maximum atomic E-state index is 4.01. The van der Waals surface area contributed by atoms with Crippen LogP contribution >= 0.6 is 11.8 Å². The zero-order chi connectivity index (χ0) is 11.1. The van der Waals surface area contributed by atoms with Gasteiger partial charge in [0, 0.05) is 29.6 Å². The highest BCUT2D eigenvalue weighted by atomic mass is 32.2. The van der Waals surface area contributed by atoms with Crippen LogP contribution in [-0.2, 0) is 0 Å². The monoisotopic (exact) mass is 236 g/mol. The van der Waals surface area contributed by atoms with E-state index < -0.39 is 0 Å². The van der Waals surface area contributed by atoms with E-state index in [1.807, 2.05) is 24.2 Å². The number of rotatable bonds is 6. The Kier molecular flexibility index (Phi) is 5.16. The number of nitrogens with one attached hydrogen (secondary N) is 1. The summed E-state index contributed by atoms with van der Waals surface area (Å²) in [7, 11) is 0. The Hall–Kier alpha value is -0.540. The zero-order valence-corrected chi connectivity index (χ0v) is 10.5. The summed E-state index contributed by atoms with van der Waals surface area (Å²) in [5.74, 6) is 2.10. The topological polar surface area (TPSA) is 24.9 Å². The molecular weight excluding hydrogens is 216 g/mol. The fourth-order valence-electron chi connectivity index (χ4n) is 2.20. The number of hydrogen-bond donors (Lipinski definition) is 1. The van der Waals surface area contributed by atoms with Crippen LogP contribution in [0.25, 0.3) is 0 Å². The van der Waals surface area contributed by atoms with E-state index >= 15 is 0 Å². The maximum absolute atomic E-state index is 4.01. The first-order valence-electron chi connectivity index (χ1n) is 6.19. The van der Waals surface area contributed by atoms with Crippen LogP contribution < -0.4 is 5.32 Å². The highest BCUT2D eigenvalue weighted by Crippen LogP contribution is 2.23. The molecule has 0 saturated heterocycles. The van der Waals surface area contributed by atoms with E-state index in [0.29, 0.717) is 0 Å². The molecule has 0 amide bonds. The second kappa shape index (κ2) is 6.92. The fraction of sp³-hybridized carbons (Fsp3) is 0.615. The van der Waals surface area contributed by atoms with Gasteiger partial charge in [0.1, 0.15) is 0 Å². The molecule has 1 aromatic heterocycles. The average molecular weight is 236 g/mol.